The Morgan fingerprint density at radius 3 is 2.48 bits per heavy atom. The highest BCUT2D eigenvalue weighted by Gasteiger charge is 2.19. The third kappa shape index (κ3) is 6.21. The van der Waals surface area contributed by atoms with Crippen LogP contribution in [0.4, 0.5) is 11.4 Å². The molecule has 0 saturated heterocycles. The number of halogens is 1. The lowest BCUT2D eigenvalue weighted by atomic mass is 10.2. The molecule has 0 saturated carbocycles. The van der Waals surface area contributed by atoms with Crippen molar-refractivity contribution >= 4 is 39.7 Å². The van der Waals surface area contributed by atoms with Gasteiger partial charge in [-0.1, -0.05) is 18.2 Å². The van der Waals surface area contributed by atoms with E-state index < -0.39 is 22.0 Å². The molecule has 4 N–H and O–H groups in total. The van der Waals surface area contributed by atoms with E-state index in [1.165, 1.54) is 13.2 Å². The number of amides is 1. The fraction of sp³-hybridized carbons (Fsp3) is 0.278. The summed E-state index contributed by atoms with van der Waals surface area (Å²) in [5.74, 6) is -0.453. The third-order valence-corrected chi connectivity index (χ3v) is 5.22. The fourth-order valence-electron chi connectivity index (χ4n) is 2.38. The number of carbonyl (C=O) groups is 1. The number of nitrogens with one attached hydrogen (secondary N) is 2. The molecule has 2 rings (SSSR count). The Labute approximate surface area is 165 Å². The maximum Gasteiger partial charge on any atom is 0.262 e. The zero-order chi connectivity index (χ0) is 19.3. The van der Waals surface area contributed by atoms with Crippen LogP contribution in [0.15, 0.2) is 47.4 Å². The Kier molecular flexibility index (Phi) is 8.23. The van der Waals surface area contributed by atoms with Gasteiger partial charge in [0.2, 0.25) is 5.91 Å². The van der Waals surface area contributed by atoms with Crippen molar-refractivity contribution in [2.24, 2.45) is 5.73 Å². The smallest absolute Gasteiger partial charge is 0.262 e. The summed E-state index contributed by atoms with van der Waals surface area (Å²) >= 11 is 0. The van der Waals surface area contributed by atoms with Crippen molar-refractivity contribution in [3.05, 3.63) is 53.6 Å². The first kappa shape index (κ1) is 22.9. The number of aryl methyl sites for hydroxylation is 2. The summed E-state index contributed by atoms with van der Waals surface area (Å²) in [6.45, 7) is 3.63. The maximum atomic E-state index is 12.7. The molecule has 0 heterocycles. The van der Waals surface area contributed by atoms with E-state index in [0.29, 0.717) is 16.9 Å². The van der Waals surface area contributed by atoms with Crippen LogP contribution in [0.3, 0.4) is 0 Å². The summed E-state index contributed by atoms with van der Waals surface area (Å²) in [5, 5.41) is 2.60. The SMILES string of the molecule is COCC(N)C(=O)Nc1ccc(C)c(S(=O)(=O)Nc2cccc(C)c2)c1.Cl. The third-order valence-electron chi connectivity index (χ3n) is 3.70. The molecule has 0 aliphatic heterocycles. The molecule has 2 aromatic carbocycles. The number of nitrogens with two attached hydrogens (primary N) is 1. The zero-order valence-electron chi connectivity index (χ0n) is 15.4. The number of benzene rings is 2. The fourth-order valence-corrected chi connectivity index (χ4v) is 3.70. The van der Waals surface area contributed by atoms with Crippen molar-refractivity contribution in [3.8, 4) is 0 Å². The van der Waals surface area contributed by atoms with Gasteiger partial charge < -0.3 is 15.8 Å². The van der Waals surface area contributed by atoms with Crippen molar-refractivity contribution < 1.29 is 17.9 Å². The predicted molar refractivity (Wildman–Crippen MR) is 109 cm³/mol. The first-order chi connectivity index (χ1) is 12.2. The van der Waals surface area contributed by atoms with E-state index in [-0.39, 0.29) is 23.9 Å². The molecule has 9 heteroatoms. The molecular weight excluding hydrogens is 390 g/mol. The quantitative estimate of drug-likeness (QED) is 0.645. The lowest BCUT2D eigenvalue weighted by Crippen LogP contribution is -2.39. The number of sulfonamides is 1. The van der Waals surface area contributed by atoms with Crippen LogP contribution in [-0.4, -0.2) is 34.1 Å². The summed E-state index contributed by atoms with van der Waals surface area (Å²) in [6.07, 6.45) is 0. The molecule has 0 aromatic heterocycles. The van der Waals surface area contributed by atoms with Crippen LogP contribution in [-0.2, 0) is 19.6 Å². The van der Waals surface area contributed by atoms with Gasteiger partial charge >= 0.3 is 0 Å². The van der Waals surface area contributed by atoms with Crippen molar-refractivity contribution in [2.45, 2.75) is 24.8 Å². The highest BCUT2D eigenvalue weighted by atomic mass is 35.5. The van der Waals surface area contributed by atoms with Crippen LogP contribution < -0.4 is 15.8 Å². The largest absolute Gasteiger partial charge is 0.383 e. The molecule has 0 radical (unpaired) electrons. The van der Waals surface area contributed by atoms with E-state index in [2.05, 4.69) is 10.0 Å². The van der Waals surface area contributed by atoms with Gasteiger partial charge in [-0.2, -0.15) is 0 Å². The second kappa shape index (κ2) is 9.70. The molecule has 1 unspecified atom stereocenters. The number of carbonyl (C=O) groups excluding carboxylic acids is 1. The minimum absolute atomic E-state index is 0. The summed E-state index contributed by atoms with van der Waals surface area (Å²) < 4.78 is 32.9. The minimum Gasteiger partial charge on any atom is -0.383 e. The molecule has 0 aliphatic carbocycles. The van der Waals surface area contributed by atoms with E-state index in [0.717, 1.165) is 5.56 Å². The van der Waals surface area contributed by atoms with E-state index >= 15 is 0 Å². The topological polar surface area (TPSA) is 111 Å². The summed E-state index contributed by atoms with van der Waals surface area (Å²) in [4.78, 5) is 12.1. The molecule has 7 nitrogen and oxygen atoms in total. The van der Waals surface area contributed by atoms with Crippen LogP contribution in [0, 0.1) is 13.8 Å². The number of rotatable bonds is 7. The van der Waals surface area contributed by atoms with Crippen molar-refractivity contribution in [1.29, 1.82) is 0 Å². The molecular formula is C18H24ClN3O4S. The first-order valence-corrected chi connectivity index (χ1v) is 9.47. The Bertz CT molecular complexity index is 903. The number of anilines is 2. The van der Waals surface area contributed by atoms with Crippen LogP contribution >= 0.6 is 12.4 Å². The number of methoxy groups -OCH3 is 1. The van der Waals surface area contributed by atoms with E-state index in [1.807, 2.05) is 13.0 Å². The Morgan fingerprint density at radius 2 is 1.85 bits per heavy atom. The molecule has 148 valence electrons. The molecule has 0 fully saturated rings. The van der Waals surface area contributed by atoms with Gasteiger partial charge in [-0.25, -0.2) is 8.42 Å². The van der Waals surface area contributed by atoms with Crippen LogP contribution in [0.2, 0.25) is 0 Å². The molecule has 0 bridgehead atoms. The number of ether oxygens (including phenoxy) is 1. The van der Waals surface area contributed by atoms with Gasteiger partial charge in [0.05, 0.1) is 11.5 Å². The zero-order valence-corrected chi connectivity index (χ0v) is 17.0. The van der Waals surface area contributed by atoms with E-state index in [9.17, 15) is 13.2 Å². The van der Waals surface area contributed by atoms with E-state index in [1.54, 1.807) is 37.3 Å². The van der Waals surface area contributed by atoms with Crippen LogP contribution in [0.25, 0.3) is 0 Å². The highest BCUT2D eigenvalue weighted by Crippen LogP contribution is 2.23. The molecule has 1 amide bonds. The van der Waals surface area contributed by atoms with Gasteiger partial charge in [0.25, 0.3) is 10.0 Å². The Hall–Kier alpha value is -2.13. The minimum atomic E-state index is -3.81. The van der Waals surface area contributed by atoms with Gasteiger partial charge in [-0.15, -0.1) is 12.4 Å². The Morgan fingerprint density at radius 1 is 1.15 bits per heavy atom. The molecule has 0 spiro atoms. The second-order valence-electron chi connectivity index (χ2n) is 6.01. The highest BCUT2D eigenvalue weighted by molar-refractivity contribution is 7.92. The van der Waals surface area contributed by atoms with E-state index in [4.69, 9.17) is 10.5 Å². The van der Waals surface area contributed by atoms with Gasteiger partial charge in [-0.05, 0) is 49.2 Å². The standard InChI is InChI=1S/C18H23N3O4S.ClH/c1-12-5-4-6-15(9-12)21-26(23,24)17-10-14(8-7-13(17)2)20-18(22)16(19)11-25-3;/h4-10,16,21H,11,19H2,1-3H3,(H,20,22);1H. The Balaban J connectivity index is 0.00000364. The summed E-state index contributed by atoms with van der Waals surface area (Å²) in [5.41, 5.74) is 7.99. The van der Waals surface area contributed by atoms with Crippen LogP contribution in [0.5, 0.6) is 0 Å². The summed E-state index contributed by atoms with van der Waals surface area (Å²) in [7, 11) is -2.36. The molecule has 0 aliphatic rings. The van der Waals surface area contributed by atoms with Gasteiger partial charge in [-0.3, -0.25) is 9.52 Å². The maximum absolute atomic E-state index is 12.7. The lowest BCUT2D eigenvalue weighted by Gasteiger charge is -2.14. The van der Waals surface area contributed by atoms with Gasteiger partial charge in [0, 0.05) is 18.5 Å². The van der Waals surface area contributed by atoms with Crippen molar-refractivity contribution in [1.82, 2.24) is 0 Å². The number of hydrogen-bond donors (Lipinski definition) is 3. The van der Waals surface area contributed by atoms with Crippen molar-refractivity contribution in [3.63, 3.8) is 0 Å². The average Bonchev–Trinajstić information content (AvgIpc) is 2.56. The normalized spacial score (nSPS) is 12.0. The van der Waals surface area contributed by atoms with Crippen LogP contribution in [0.1, 0.15) is 11.1 Å². The summed E-state index contributed by atoms with van der Waals surface area (Å²) in [6, 6.07) is 10.9. The number of hydrogen-bond acceptors (Lipinski definition) is 5. The molecule has 27 heavy (non-hydrogen) atoms. The molecule has 1 atom stereocenters. The lowest BCUT2D eigenvalue weighted by molar-refractivity contribution is -0.118. The average molecular weight is 414 g/mol. The van der Waals surface area contributed by atoms with Crippen molar-refractivity contribution in [2.75, 3.05) is 23.8 Å². The second-order valence-corrected chi connectivity index (χ2v) is 7.66. The first-order valence-electron chi connectivity index (χ1n) is 7.98. The monoisotopic (exact) mass is 413 g/mol. The molecule has 2 aromatic rings. The van der Waals surface area contributed by atoms with Gasteiger partial charge in [0.1, 0.15) is 6.04 Å². The van der Waals surface area contributed by atoms with Gasteiger partial charge in [0.15, 0.2) is 0 Å². The predicted octanol–water partition coefficient (Wildman–Crippen LogP) is 2.44.